The molecule has 7 rings (SSSR count). The van der Waals surface area contributed by atoms with Crippen LogP contribution >= 0.6 is 11.3 Å². The summed E-state index contributed by atoms with van der Waals surface area (Å²) in [6.07, 6.45) is 0.952. The van der Waals surface area contributed by atoms with Gasteiger partial charge in [-0.2, -0.15) is 13.2 Å². The van der Waals surface area contributed by atoms with Crippen molar-refractivity contribution in [2.45, 2.75) is 95.4 Å². The van der Waals surface area contributed by atoms with Gasteiger partial charge < -0.3 is 24.6 Å². The third-order valence-electron chi connectivity index (χ3n) is 12.2. The number of benzene rings is 3. The van der Waals surface area contributed by atoms with Gasteiger partial charge in [0, 0.05) is 34.5 Å². The molecule has 4 atom stereocenters. The van der Waals surface area contributed by atoms with E-state index >= 15 is 0 Å². The average molecular weight is 804 g/mol. The van der Waals surface area contributed by atoms with Crippen molar-refractivity contribution in [3.8, 4) is 11.5 Å². The molecule has 4 unspecified atom stereocenters. The number of carbonyl (C=O) groups excluding carboxylic acids is 2. The van der Waals surface area contributed by atoms with Crippen LogP contribution in [-0.4, -0.2) is 65.8 Å². The predicted octanol–water partition coefficient (Wildman–Crippen LogP) is 9.37. The summed E-state index contributed by atoms with van der Waals surface area (Å²) in [7, 11) is 3.10. The van der Waals surface area contributed by atoms with Gasteiger partial charge in [0.1, 0.15) is 0 Å². The summed E-state index contributed by atoms with van der Waals surface area (Å²) in [6.45, 7) is 4.51. The number of aliphatic hydroxyl groups excluding tert-OH is 1. The lowest BCUT2D eigenvalue weighted by Crippen LogP contribution is -2.54. The lowest BCUT2D eigenvalue weighted by Gasteiger charge is -2.46. The minimum absolute atomic E-state index is 0.0569. The Morgan fingerprint density at radius 3 is 2.47 bits per heavy atom. The zero-order valence-corrected chi connectivity index (χ0v) is 33.8. The van der Waals surface area contributed by atoms with Gasteiger partial charge in [0.05, 0.1) is 37.9 Å². The molecule has 1 fully saturated rings. The molecule has 11 heteroatoms. The summed E-state index contributed by atoms with van der Waals surface area (Å²) in [4.78, 5) is 31.6. The number of amides is 1. The number of ether oxygens (including phenoxy) is 2. The van der Waals surface area contributed by atoms with Crippen LogP contribution in [-0.2, 0) is 30.2 Å². The van der Waals surface area contributed by atoms with Gasteiger partial charge >= 0.3 is 6.18 Å². The topological polar surface area (TPSA) is 96.3 Å². The number of fused-ring (bicyclic) bond motifs is 8. The first-order valence-electron chi connectivity index (χ1n) is 19.6. The van der Waals surface area contributed by atoms with E-state index < -0.39 is 34.6 Å². The molecule has 1 amide bonds. The monoisotopic (exact) mass is 803 g/mol. The number of rotatable bonds is 11. The Bertz CT molecular complexity index is 2080. The molecule has 0 saturated heterocycles. The van der Waals surface area contributed by atoms with Crippen molar-refractivity contribution in [2.75, 3.05) is 27.3 Å². The summed E-state index contributed by atoms with van der Waals surface area (Å²) < 4.78 is 52.4. The smallest absolute Gasteiger partial charge is 0.416 e. The number of ketones is 1. The van der Waals surface area contributed by atoms with E-state index in [1.807, 2.05) is 49.6 Å². The van der Waals surface area contributed by atoms with Crippen LogP contribution in [0.15, 0.2) is 89.8 Å². The molecule has 2 bridgehead atoms. The van der Waals surface area contributed by atoms with Crippen LogP contribution in [0.1, 0.15) is 101 Å². The van der Waals surface area contributed by atoms with E-state index in [9.17, 15) is 33.0 Å². The molecule has 57 heavy (non-hydrogen) atoms. The van der Waals surface area contributed by atoms with Gasteiger partial charge in [0.25, 0.3) is 0 Å². The zero-order valence-electron chi connectivity index (χ0n) is 33.0. The van der Waals surface area contributed by atoms with E-state index in [1.54, 1.807) is 48.7 Å². The molecule has 7 nitrogen and oxygen atoms in total. The SMILES string of the molecule is COc1ccc(CC(=O)N(CCc2cccs2)CC2(O)CCC3c4ccc(cc4C(=O)c4cccc(C(F)(F)F)c4)CC(O)CCC(C)=CCCC32C)cc1OC. The maximum atomic E-state index is 14.4. The number of alkyl halides is 3. The normalized spacial score (nSPS) is 22.6. The van der Waals surface area contributed by atoms with Crippen molar-refractivity contribution in [3.05, 3.63) is 128 Å². The molecule has 3 aliphatic carbocycles. The quantitative estimate of drug-likeness (QED) is 0.116. The van der Waals surface area contributed by atoms with Crippen molar-refractivity contribution in [3.63, 3.8) is 0 Å². The van der Waals surface area contributed by atoms with Gasteiger partial charge in [-0.15, -0.1) is 11.3 Å². The molecule has 0 aliphatic heterocycles. The molecule has 4 aromatic rings. The second-order valence-electron chi connectivity index (χ2n) is 15.9. The number of thiophene rings is 1. The highest BCUT2D eigenvalue weighted by Crippen LogP contribution is 2.59. The third kappa shape index (κ3) is 9.48. The molecule has 3 aliphatic rings. The van der Waals surface area contributed by atoms with E-state index in [4.69, 9.17) is 9.47 Å². The highest BCUT2D eigenvalue weighted by molar-refractivity contribution is 7.09. The minimum Gasteiger partial charge on any atom is -0.493 e. The number of aliphatic hydroxyl groups is 2. The predicted molar refractivity (Wildman–Crippen MR) is 216 cm³/mol. The van der Waals surface area contributed by atoms with Crippen LogP contribution in [0.2, 0.25) is 0 Å². The van der Waals surface area contributed by atoms with Crippen LogP contribution in [0, 0.1) is 5.41 Å². The Kier molecular flexibility index (Phi) is 13.0. The van der Waals surface area contributed by atoms with Crippen LogP contribution < -0.4 is 9.47 Å². The van der Waals surface area contributed by atoms with E-state index in [0.29, 0.717) is 74.1 Å². The maximum absolute atomic E-state index is 14.4. The minimum atomic E-state index is -4.63. The van der Waals surface area contributed by atoms with Crippen molar-refractivity contribution in [1.82, 2.24) is 4.90 Å². The second-order valence-corrected chi connectivity index (χ2v) is 16.9. The number of hydrogen-bond acceptors (Lipinski definition) is 7. The number of allylic oxidation sites excluding steroid dienone is 2. The molecular weight excluding hydrogens is 752 g/mol. The van der Waals surface area contributed by atoms with E-state index in [0.717, 1.165) is 28.1 Å². The summed E-state index contributed by atoms with van der Waals surface area (Å²) in [5, 5.41) is 26.0. The van der Waals surface area contributed by atoms with Crippen molar-refractivity contribution < 1.29 is 42.4 Å². The number of halogens is 3. The fourth-order valence-corrected chi connectivity index (χ4v) is 9.47. The summed E-state index contributed by atoms with van der Waals surface area (Å²) in [5.74, 6) is -0.00887. The fraction of sp³-hybridized carbons (Fsp3) is 0.435. The Balaban J connectivity index is 1.40. The standard InChI is InChI=1S/C46H52F3NO6S/c1-30-8-6-20-44(2)39(37-16-13-31(24-35(51)15-12-30)25-38(37)43(53)33-9-5-10-34(28-33)46(47,48)49)18-21-45(44,54)29-50(22-19-36-11-7-23-57-36)42(52)27-32-14-17-40(55-3)41(26-32)56-4/h5,7-11,13-14,16-17,23,25-26,28,35,39,51,54H,6,12,15,18-22,24,27,29H2,1-4H3. The largest absolute Gasteiger partial charge is 0.493 e. The van der Waals surface area contributed by atoms with E-state index in [2.05, 4.69) is 6.08 Å². The Morgan fingerprint density at radius 1 is 0.965 bits per heavy atom. The Morgan fingerprint density at radius 2 is 1.75 bits per heavy atom. The molecule has 0 spiro atoms. The zero-order chi connectivity index (χ0) is 41.0. The Labute approximate surface area is 337 Å². The number of hydrogen-bond donors (Lipinski definition) is 2. The first-order valence-corrected chi connectivity index (χ1v) is 20.4. The summed E-state index contributed by atoms with van der Waals surface area (Å²) >= 11 is 1.61. The second kappa shape index (κ2) is 17.6. The average Bonchev–Trinajstić information content (AvgIpc) is 3.80. The summed E-state index contributed by atoms with van der Waals surface area (Å²) in [5.41, 5.74) is 0.247. The number of methoxy groups -OCH3 is 2. The van der Waals surface area contributed by atoms with Gasteiger partial charge in [-0.05, 0) is 123 Å². The molecule has 304 valence electrons. The molecule has 1 heterocycles. The van der Waals surface area contributed by atoms with Crippen molar-refractivity contribution in [2.24, 2.45) is 5.41 Å². The molecule has 3 aromatic carbocycles. The molecule has 2 N–H and O–H groups in total. The first kappa shape index (κ1) is 42.2. The fourth-order valence-electron chi connectivity index (χ4n) is 8.77. The lowest BCUT2D eigenvalue weighted by molar-refractivity contribution is -0.139. The van der Waals surface area contributed by atoms with Crippen molar-refractivity contribution >= 4 is 23.0 Å². The van der Waals surface area contributed by atoms with E-state index in [-0.39, 0.29) is 42.3 Å². The van der Waals surface area contributed by atoms with Crippen LogP contribution in [0.3, 0.4) is 0 Å². The van der Waals surface area contributed by atoms with Gasteiger partial charge in [-0.1, -0.05) is 55.0 Å². The van der Waals surface area contributed by atoms with Crippen LogP contribution in [0.25, 0.3) is 0 Å². The number of carbonyl (C=O) groups is 2. The van der Waals surface area contributed by atoms with Crippen molar-refractivity contribution in [1.29, 1.82) is 0 Å². The molecule has 1 saturated carbocycles. The number of nitrogens with zero attached hydrogens (tertiary/aromatic N) is 1. The van der Waals surface area contributed by atoms with Crippen LogP contribution in [0.4, 0.5) is 13.2 Å². The molecule has 0 radical (unpaired) electrons. The lowest BCUT2D eigenvalue weighted by atomic mass is 9.64. The van der Waals surface area contributed by atoms with Gasteiger partial charge in [-0.3, -0.25) is 9.59 Å². The van der Waals surface area contributed by atoms with Gasteiger partial charge in [0.2, 0.25) is 5.91 Å². The Hall–Kier alpha value is -4.45. The van der Waals surface area contributed by atoms with Gasteiger partial charge in [0.15, 0.2) is 17.3 Å². The van der Waals surface area contributed by atoms with Gasteiger partial charge in [-0.25, -0.2) is 0 Å². The highest BCUT2D eigenvalue weighted by Gasteiger charge is 2.57. The first-order chi connectivity index (χ1) is 27.1. The summed E-state index contributed by atoms with van der Waals surface area (Å²) in [6, 6.07) is 19.3. The maximum Gasteiger partial charge on any atom is 0.416 e. The van der Waals surface area contributed by atoms with E-state index in [1.165, 1.54) is 12.1 Å². The third-order valence-corrected chi connectivity index (χ3v) is 13.1. The highest BCUT2D eigenvalue weighted by atomic mass is 32.1. The van der Waals surface area contributed by atoms with Crippen LogP contribution in [0.5, 0.6) is 11.5 Å². The molecule has 1 aromatic heterocycles. The molecular formula is C46H52F3NO6S.